The van der Waals surface area contributed by atoms with Gasteiger partial charge in [0.2, 0.25) is 0 Å². The normalized spacial score (nSPS) is 14.2. The average molecular weight is 283 g/mol. The molecule has 0 aromatic heterocycles. The monoisotopic (exact) mass is 283 g/mol. The standard InChI is InChI=1S/C15H25NO4/c1-11(10-18-3)16(2)9-14(17)13-8-12(19-4)6-7-15(13)20-5/h6-8,11,14,17H,9-10H2,1-5H3. The maximum Gasteiger partial charge on any atom is 0.124 e. The summed E-state index contributed by atoms with van der Waals surface area (Å²) in [6, 6.07) is 5.65. The van der Waals surface area contributed by atoms with Crippen LogP contribution in [0, 0.1) is 0 Å². The fourth-order valence-corrected chi connectivity index (χ4v) is 2.02. The summed E-state index contributed by atoms with van der Waals surface area (Å²) < 4.78 is 15.6. The third-order valence-electron chi connectivity index (χ3n) is 3.42. The van der Waals surface area contributed by atoms with E-state index in [0.29, 0.717) is 24.7 Å². The lowest BCUT2D eigenvalue weighted by Crippen LogP contribution is -2.35. The zero-order valence-electron chi connectivity index (χ0n) is 12.9. The molecule has 0 fully saturated rings. The molecule has 0 spiro atoms. The van der Waals surface area contributed by atoms with Gasteiger partial charge in [-0.05, 0) is 32.2 Å². The van der Waals surface area contributed by atoms with Gasteiger partial charge in [0, 0.05) is 25.3 Å². The van der Waals surface area contributed by atoms with Crippen LogP contribution in [0.15, 0.2) is 18.2 Å². The van der Waals surface area contributed by atoms with Gasteiger partial charge < -0.3 is 19.3 Å². The molecule has 2 unspecified atom stereocenters. The van der Waals surface area contributed by atoms with Crippen molar-refractivity contribution in [3.63, 3.8) is 0 Å². The predicted molar refractivity (Wildman–Crippen MR) is 78.5 cm³/mol. The third-order valence-corrected chi connectivity index (χ3v) is 3.42. The van der Waals surface area contributed by atoms with Gasteiger partial charge in [0.15, 0.2) is 0 Å². The summed E-state index contributed by atoms with van der Waals surface area (Å²) in [4.78, 5) is 2.05. The van der Waals surface area contributed by atoms with E-state index in [-0.39, 0.29) is 6.04 Å². The lowest BCUT2D eigenvalue weighted by Gasteiger charge is -2.27. The summed E-state index contributed by atoms with van der Waals surface area (Å²) in [6.45, 7) is 3.17. The van der Waals surface area contributed by atoms with Crippen molar-refractivity contribution in [2.75, 3.05) is 41.5 Å². The van der Waals surface area contributed by atoms with Crippen molar-refractivity contribution in [1.82, 2.24) is 4.90 Å². The molecule has 1 aromatic carbocycles. The summed E-state index contributed by atoms with van der Waals surface area (Å²) in [5.74, 6) is 1.36. The highest BCUT2D eigenvalue weighted by Gasteiger charge is 2.19. The van der Waals surface area contributed by atoms with E-state index in [1.807, 2.05) is 18.0 Å². The summed E-state index contributed by atoms with van der Waals surface area (Å²) in [7, 11) is 6.82. The highest BCUT2D eigenvalue weighted by Crippen LogP contribution is 2.29. The Morgan fingerprint density at radius 3 is 2.45 bits per heavy atom. The van der Waals surface area contributed by atoms with Gasteiger partial charge in [-0.2, -0.15) is 0 Å². The Morgan fingerprint density at radius 1 is 1.20 bits per heavy atom. The zero-order valence-corrected chi connectivity index (χ0v) is 12.9. The van der Waals surface area contributed by atoms with E-state index in [0.717, 1.165) is 5.56 Å². The first-order valence-corrected chi connectivity index (χ1v) is 6.62. The van der Waals surface area contributed by atoms with Crippen LogP contribution in [0.3, 0.4) is 0 Å². The molecule has 1 aromatic rings. The van der Waals surface area contributed by atoms with Crippen LogP contribution in [0.4, 0.5) is 0 Å². The average Bonchev–Trinajstić information content (AvgIpc) is 2.46. The second-order valence-electron chi connectivity index (χ2n) is 4.87. The van der Waals surface area contributed by atoms with E-state index >= 15 is 0 Å². The predicted octanol–water partition coefficient (Wildman–Crippen LogP) is 1.70. The molecule has 5 nitrogen and oxygen atoms in total. The lowest BCUT2D eigenvalue weighted by molar-refractivity contribution is 0.0698. The van der Waals surface area contributed by atoms with E-state index in [2.05, 4.69) is 6.92 Å². The molecule has 0 aliphatic rings. The molecule has 0 saturated heterocycles. The first-order valence-electron chi connectivity index (χ1n) is 6.62. The van der Waals surface area contributed by atoms with Gasteiger partial charge in [-0.25, -0.2) is 0 Å². The van der Waals surface area contributed by atoms with Crippen molar-refractivity contribution in [1.29, 1.82) is 0 Å². The largest absolute Gasteiger partial charge is 0.497 e. The number of ether oxygens (including phenoxy) is 3. The van der Waals surface area contributed by atoms with Crippen LogP contribution in [0.1, 0.15) is 18.6 Å². The molecule has 1 N–H and O–H groups in total. The highest BCUT2D eigenvalue weighted by molar-refractivity contribution is 5.41. The number of aliphatic hydroxyl groups is 1. The Bertz CT molecular complexity index is 411. The van der Waals surface area contributed by atoms with Crippen LogP contribution < -0.4 is 9.47 Å². The molecule has 0 heterocycles. The van der Waals surface area contributed by atoms with Crippen molar-refractivity contribution in [2.24, 2.45) is 0 Å². The second-order valence-corrected chi connectivity index (χ2v) is 4.87. The van der Waals surface area contributed by atoms with Crippen LogP contribution >= 0.6 is 0 Å². The first-order chi connectivity index (χ1) is 9.53. The molecule has 0 amide bonds. The zero-order chi connectivity index (χ0) is 15.1. The molecule has 0 bridgehead atoms. The summed E-state index contributed by atoms with van der Waals surface area (Å²) >= 11 is 0. The lowest BCUT2D eigenvalue weighted by atomic mass is 10.1. The number of aliphatic hydroxyl groups excluding tert-OH is 1. The molecule has 0 radical (unpaired) electrons. The number of nitrogens with zero attached hydrogens (tertiary/aromatic N) is 1. The number of hydrogen-bond acceptors (Lipinski definition) is 5. The van der Waals surface area contributed by atoms with E-state index in [1.165, 1.54) is 0 Å². The number of likely N-dealkylation sites (N-methyl/N-ethyl adjacent to an activating group) is 1. The third kappa shape index (κ3) is 4.37. The molecular weight excluding hydrogens is 258 g/mol. The summed E-state index contributed by atoms with van der Waals surface area (Å²) in [5, 5.41) is 10.4. The Labute approximate surface area is 121 Å². The number of methoxy groups -OCH3 is 3. The van der Waals surface area contributed by atoms with Gasteiger partial charge in [-0.15, -0.1) is 0 Å². The van der Waals surface area contributed by atoms with Crippen LogP contribution in [0.5, 0.6) is 11.5 Å². The Kier molecular flexibility index (Phi) is 6.78. The topological polar surface area (TPSA) is 51.2 Å². The molecule has 114 valence electrons. The SMILES string of the molecule is COCC(C)N(C)CC(O)c1cc(OC)ccc1OC. The van der Waals surface area contributed by atoms with E-state index in [4.69, 9.17) is 14.2 Å². The smallest absolute Gasteiger partial charge is 0.124 e. The quantitative estimate of drug-likeness (QED) is 0.787. The van der Waals surface area contributed by atoms with Crippen molar-refractivity contribution >= 4 is 0 Å². The van der Waals surface area contributed by atoms with Gasteiger partial charge in [-0.1, -0.05) is 0 Å². The van der Waals surface area contributed by atoms with Crippen LogP contribution in [0.2, 0.25) is 0 Å². The minimum atomic E-state index is -0.649. The Hall–Kier alpha value is -1.30. The van der Waals surface area contributed by atoms with Gasteiger partial charge in [0.25, 0.3) is 0 Å². The minimum Gasteiger partial charge on any atom is -0.497 e. The molecule has 1 rings (SSSR count). The fraction of sp³-hybridized carbons (Fsp3) is 0.600. The molecular formula is C15H25NO4. The van der Waals surface area contributed by atoms with Crippen molar-refractivity contribution in [2.45, 2.75) is 19.1 Å². The van der Waals surface area contributed by atoms with Crippen LogP contribution in [0.25, 0.3) is 0 Å². The fourth-order valence-electron chi connectivity index (χ4n) is 2.02. The molecule has 2 atom stereocenters. The number of benzene rings is 1. The van der Waals surface area contributed by atoms with E-state index < -0.39 is 6.10 Å². The molecule has 20 heavy (non-hydrogen) atoms. The van der Waals surface area contributed by atoms with Gasteiger partial charge in [0.05, 0.1) is 26.9 Å². The highest BCUT2D eigenvalue weighted by atomic mass is 16.5. The minimum absolute atomic E-state index is 0.228. The van der Waals surface area contributed by atoms with Crippen molar-refractivity contribution in [3.05, 3.63) is 23.8 Å². The molecule has 0 saturated carbocycles. The van der Waals surface area contributed by atoms with Gasteiger partial charge in [0.1, 0.15) is 11.5 Å². The second kappa shape index (κ2) is 8.09. The molecule has 5 heteroatoms. The van der Waals surface area contributed by atoms with Gasteiger partial charge >= 0.3 is 0 Å². The molecule has 0 aliphatic heterocycles. The number of hydrogen-bond donors (Lipinski definition) is 1. The van der Waals surface area contributed by atoms with Crippen molar-refractivity contribution in [3.8, 4) is 11.5 Å². The van der Waals surface area contributed by atoms with Crippen molar-refractivity contribution < 1.29 is 19.3 Å². The van der Waals surface area contributed by atoms with E-state index in [9.17, 15) is 5.11 Å². The Balaban J connectivity index is 2.82. The maximum absolute atomic E-state index is 10.4. The summed E-state index contributed by atoms with van der Waals surface area (Å²) in [5.41, 5.74) is 0.725. The first kappa shape index (κ1) is 16.8. The summed E-state index contributed by atoms with van der Waals surface area (Å²) in [6.07, 6.45) is -0.649. The maximum atomic E-state index is 10.4. The van der Waals surface area contributed by atoms with Gasteiger partial charge in [-0.3, -0.25) is 4.90 Å². The Morgan fingerprint density at radius 2 is 1.90 bits per heavy atom. The number of rotatable bonds is 8. The van der Waals surface area contributed by atoms with Crippen LogP contribution in [-0.2, 0) is 4.74 Å². The van der Waals surface area contributed by atoms with E-state index in [1.54, 1.807) is 33.5 Å². The molecule has 0 aliphatic carbocycles. The van der Waals surface area contributed by atoms with Crippen LogP contribution in [-0.4, -0.2) is 57.6 Å².